The smallest absolute Gasteiger partial charge is 0.365 e. The van der Waals surface area contributed by atoms with Crippen LogP contribution in [0, 0.1) is 23.2 Å². The van der Waals surface area contributed by atoms with E-state index in [1.54, 1.807) is 4.68 Å². The number of alkyl halides is 3. The molecule has 1 aromatic heterocycles. The van der Waals surface area contributed by atoms with Crippen molar-refractivity contribution in [3.05, 3.63) is 36.0 Å². The fourth-order valence-electron chi connectivity index (χ4n) is 4.69. The van der Waals surface area contributed by atoms with E-state index in [1.807, 2.05) is 0 Å². The monoisotopic (exact) mass is 524 g/mol. The Bertz CT molecular complexity index is 1270. The SMILES string of the molecule is C[C@@H](NC1CCC(n2cc(C(N)=O)c(Nc3ccc(S(=O)(=O)C(F)(F)F)cc3)n2)C(C#N)C1)C1CC1. The number of aromatic nitrogens is 2. The minimum absolute atomic E-state index is 0.0429. The third-order valence-electron chi connectivity index (χ3n) is 6.88. The summed E-state index contributed by atoms with van der Waals surface area (Å²) in [6.07, 6.45) is 6.06. The molecule has 9 nitrogen and oxygen atoms in total. The van der Waals surface area contributed by atoms with Crippen LogP contribution in [0.1, 0.15) is 55.4 Å². The second-order valence-electron chi connectivity index (χ2n) is 9.44. The average Bonchev–Trinajstić information content (AvgIpc) is 3.59. The van der Waals surface area contributed by atoms with Crippen LogP contribution < -0.4 is 16.4 Å². The zero-order valence-corrected chi connectivity index (χ0v) is 20.3. The first-order valence-corrected chi connectivity index (χ1v) is 13.1. The van der Waals surface area contributed by atoms with Gasteiger partial charge in [0.05, 0.1) is 22.9 Å². The molecule has 2 fully saturated rings. The number of rotatable bonds is 8. The van der Waals surface area contributed by atoms with Gasteiger partial charge in [-0.2, -0.15) is 23.5 Å². The summed E-state index contributed by atoms with van der Waals surface area (Å²) in [5.41, 5.74) is 0.345. The molecule has 194 valence electrons. The molecule has 0 aliphatic heterocycles. The van der Waals surface area contributed by atoms with Crippen molar-refractivity contribution in [3.63, 3.8) is 0 Å². The first-order chi connectivity index (χ1) is 16.9. The summed E-state index contributed by atoms with van der Waals surface area (Å²) < 4.78 is 63.0. The summed E-state index contributed by atoms with van der Waals surface area (Å²) in [6, 6.07) is 6.60. The molecule has 2 aliphatic rings. The van der Waals surface area contributed by atoms with E-state index in [1.165, 1.54) is 19.0 Å². The van der Waals surface area contributed by atoms with E-state index in [9.17, 15) is 31.6 Å². The molecule has 13 heteroatoms. The number of benzene rings is 1. The lowest BCUT2D eigenvalue weighted by molar-refractivity contribution is -0.0436. The highest BCUT2D eigenvalue weighted by Gasteiger charge is 2.46. The van der Waals surface area contributed by atoms with Crippen molar-refractivity contribution in [1.82, 2.24) is 15.1 Å². The average molecular weight is 525 g/mol. The van der Waals surface area contributed by atoms with Gasteiger partial charge >= 0.3 is 5.51 Å². The molecule has 0 bridgehead atoms. The highest BCUT2D eigenvalue weighted by Crippen LogP contribution is 2.37. The van der Waals surface area contributed by atoms with Crippen LogP contribution in [0.25, 0.3) is 0 Å². The van der Waals surface area contributed by atoms with Crippen LogP contribution in [0.3, 0.4) is 0 Å². The Labute approximate surface area is 206 Å². The number of nitriles is 1. The van der Waals surface area contributed by atoms with Crippen LogP contribution in [-0.2, 0) is 9.84 Å². The molecule has 36 heavy (non-hydrogen) atoms. The summed E-state index contributed by atoms with van der Waals surface area (Å²) in [6.45, 7) is 2.17. The van der Waals surface area contributed by atoms with E-state index in [4.69, 9.17) is 5.73 Å². The fraction of sp³-hybridized carbons (Fsp3) is 0.522. The highest BCUT2D eigenvalue weighted by atomic mass is 32.2. The summed E-state index contributed by atoms with van der Waals surface area (Å²) in [7, 11) is -5.48. The van der Waals surface area contributed by atoms with E-state index < -0.39 is 26.1 Å². The Morgan fingerprint density at radius 1 is 1.22 bits per heavy atom. The number of sulfone groups is 1. The van der Waals surface area contributed by atoms with Crippen molar-refractivity contribution >= 4 is 27.2 Å². The summed E-state index contributed by atoms with van der Waals surface area (Å²) in [5.74, 6) is -0.359. The van der Waals surface area contributed by atoms with Gasteiger partial charge in [0.25, 0.3) is 15.7 Å². The Morgan fingerprint density at radius 2 is 1.89 bits per heavy atom. The molecule has 0 radical (unpaired) electrons. The predicted octanol–water partition coefficient (Wildman–Crippen LogP) is 3.64. The van der Waals surface area contributed by atoms with E-state index in [-0.39, 0.29) is 35.1 Å². The number of anilines is 2. The molecule has 2 aliphatic carbocycles. The molecule has 3 unspecified atom stereocenters. The molecule has 4 N–H and O–H groups in total. The highest BCUT2D eigenvalue weighted by molar-refractivity contribution is 7.92. The van der Waals surface area contributed by atoms with Gasteiger partial charge in [0.1, 0.15) is 5.56 Å². The predicted molar refractivity (Wildman–Crippen MR) is 125 cm³/mol. The Balaban J connectivity index is 1.51. The van der Waals surface area contributed by atoms with Gasteiger partial charge in [0, 0.05) is 24.0 Å². The Kier molecular flexibility index (Phi) is 7.03. The van der Waals surface area contributed by atoms with Crippen molar-refractivity contribution in [2.75, 3.05) is 5.32 Å². The maximum atomic E-state index is 12.8. The van der Waals surface area contributed by atoms with Gasteiger partial charge in [-0.25, -0.2) is 8.42 Å². The van der Waals surface area contributed by atoms with Gasteiger partial charge in [0.15, 0.2) is 5.82 Å². The molecule has 0 spiro atoms. The molecule has 2 saturated carbocycles. The second kappa shape index (κ2) is 9.74. The van der Waals surface area contributed by atoms with Crippen molar-refractivity contribution in [3.8, 4) is 6.07 Å². The van der Waals surface area contributed by atoms with Crippen LogP contribution in [-0.4, -0.2) is 41.7 Å². The van der Waals surface area contributed by atoms with Gasteiger partial charge < -0.3 is 16.4 Å². The van der Waals surface area contributed by atoms with Crippen molar-refractivity contribution in [2.24, 2.45) is 17.6 Å². The number of hydrogen-bond acceptors (Lipinski definition) is 7. The summed E-state index contributed by atoms with van der Waals surface area (Å²) >= 11 is 0. The van der Waals surface area contributed by atoms with Crippen LogP contribution >= 0.6 is 0 Å². The van der Waals surface area contributed by atoms with Crippen molar-refractivity contribution in [2.45, 2.75) is 67.6 Å². The van der Waals surface area contributed by atoms with Crippen molar-refractivity contribution in [1.29, 1.82) is 5.26 Å². The maximum Gasteiger partial charge on any atom is 0.501 e. The van der Waals surface area contributed by atoms with Gasteiger partial charge in [-0.3, -0.25) is 9.48 Å². The minimum atomic E-state index is -5.48. The van der Waals surface area contributed by atoms with Crippen LogP contribution in [0.4, 0.5) is 24.7 Å². The molecular weight excluding hydrogens is 497 g/mol. The summed E-state index contributed by atoms with van der Waals surface area (Å²) in [5, 5.41) is 20.7. The molecule has 1 amide bonds. The lowest BCUT2D eigenvalue weighted by Crippen LogP contribution is -2.43. The molecule has 4 atom stereocenters. The van der Waals surface area contributed by atoms with Crippen LogP contribution in [0.2, 0.25) is 0 Å². The topological polar surface area (TPSA) is 143 Å². The molecular formula is C23H27F3N6O3S. The number of carbonyl (C=O) groups is 1. The zero-order valence-electron chi connectivity index (χ0n) is 19.5. The number of halogens is 3. The van der Waals surface area contributed by atoms with E-state index in [0.717, 1.165) is 30.7 Å². The van der Waals surface area contributed by atoms with Gasteiger partial charge in [-0.05, 0) is 69.2 Å². The number of hydrogen-bond donors (Lipinski definition) is 3. The van der Waals surface area contributed by atoms with Gasteiger partial charge in [-0.1, -0.05) is 0 Å². The fourth-order valence-corrected chi connectivity index (χ4v) is 5.45. The van der Waals surface area contributed by atoms with E-state index in [2.05, 4.69) is 28.7 Å². The quantitative estimate of drug-likeness (QED) is 0.478. The van der Waals surface area contributed by atoms with Crippen molar-refractivity contribution < 1.29 is 26.4 Å². The van der Waals surface area contributed by atoms with Crippen LogP contribution in [0.5, 0.6) is 0 Å². The Hall–Kier alpha value is -3.11. The Morgan fingerprint density at radius 3 is 2.44 bits per heavy atom. The standard InChI is InChI=1S/C23H27F3N6O3S/c1-13(14-2-3-14)29-17-6-9-20(15(10-17)11-27)32-12-19(21(28)33)22(31-32)30-16-4-7-18(8-5-16)36(34,35)23(24,25)26/h4-5,7-8,12-15,17,20,29H,2-3,6,9-10H2,1H3,(H2,28,33)(H,30,31)/t13-,15?,17?,20?/m1/s1. The summed E-state index contributed by atoms with van der Waals surface area (Å²) in [4.78, 5) is 11.1. The zero-order chi connectivity index (χ0) is 26.3. The third kappa shape index (κ3) is 5.34. The van der Waals surface area contributed by atoms with E-state index >= 15 is 0 Å². The maximum absolute atomic E-state index is 12.8. The van der Waals surface area contributed by atoms with E-state index in [0.29, 0.717) is 24.8 Å². The van der Waals surface area contributed by atoms with Gasteiger partial charge in [-0.15, -0.1) is 0 Å². The first-order valence-electron chi connectivity index (χ1n) is 11.6. The molecule has 0 saturated heterocycles. The molecule has 4 rings (SSSR count). The number of carbonyl (C=O) groups excluding carboxylic acids is 1. The number of nitrogens with one attached hydrogen (secondary N) is 2. The number of nitrogens with two attached hydrogens (primary N) is 1. The molecule has 1 aromatic carbocycles. The lowest BCUT2D eigenvalue weighted by atomic mass is 9.82. The number of nitrogens with zero attached hydrogens (tertiary/aromatic N) is 3. The van der Waals surface area contributed by atoms with Crippen LogP contribution in [0.15, 0.2) is 35.4 Å². The normalized spacial score (nSPS) is 23.6. The number of primary amides is 1. The largest absolute Gasteiger partial charge is 0.501 e. The third-order valence-corrected chi connectivity index (χ3v) is 8.38. The second-order valence-corrected chi connectivity index (χ2v) is 11.4. The molecule has 1 heterocycles. The number of amides is 1. The van der Waals surface area contributed by atoms with Gasteiger partial charge in [0.2, 0.25) is 0 Å². The lowest BCUT2D eigenvalue weighted by Gasteiger charge is -2.34. The minimum Gasteiger partial charge on any atom is -0.365 e. The molecule has 2 aromatic rings. The first kappa shape index (κ1) is 26.0.